The number of nitrogens with one attached hydrogen (secondary N) is 1. The average Bonchev–Trinajstić information content (AvgIpc) is 3.80. The minimum Gasteiger partial charge on any atom is -0.458 e. The number of hydrogen-bond acceptors (Lipinski definition) is 2. The number of aromatic nitrogens is 3. The van der Waals surface area contributed by atoms with Crippen LogP contribution in [0, 0.1) is 11.7 Å². The van der Waals surface area contributed by atoms with E-state index in [0.29, 0.717) is 0 Å². The van der Waals surface area contributed by atoms with Gasteiger partial charge in [-0.05, 0) is 75.7 Å². The number of ether oxygens (including phenoxy) is 1. The van der Waals surface area contributed by atoms with E-state index in [2.05, 4.69) is 222 Å². The van der Waals surface area contributed by atoms with E-state index < -0.39 is 0 Å². The first-order valence-electron chi connectivity index (χ1n) is 19.6. The molecule has 0 fully saturated rings. The van der Waals surface area contributed by atoms with Crippen molar-refractivity contribution in [2.24, 2.45) is 5.41 Å². The van der Waals surface area contributed by atoms with Crippen molar-refractivity contribution in [2.75, 3.05) is 6.54 Å². The number of benzene rings is 7. The maximum Gasteiger partial charge on any atom is 0.269 e. The fraction of sp³-hybridized carbons (Fsp3) is 0.0962. The molecular formula is C52H42N4O. The van der Waals surface area contributed by atoms with Gasteiger partial charge in [0.15, 0.2) is 0 Å². The molecule has 0 saturated carbocycles. The minimum atomic E-state index is 0.0443. The molecule has 5 heteroatoms. The first-order valence-corrected chi connectivity index (χ1v) is 19.6. The molecular weight excluding hydrogens is 697 g/mol. The largest absolute Gasteiger partial charge is 0.458 e. The third kappa shape index (κ3) is 6.18. The number of fused-ring (bicyclic) bond motifs is 4. The molecule has 7 aromatic carbocycles. The Balaban J connectivity index is 1.08. The lowest BCUT2D eigenvalue weighted by molar-refractivity contribution is -0.572. The normalized spacial score (nSPS) is 13.1. The number of nitrogens with zero attached hydrogens (tertiary/aromatic N) is 3. The van der Waals surface area contributed by atoms with Gasteiger partial charge < -0.3 is 10.1 Å². The molecule has 2 aromatic heterocycles. The topological polar surface area (TPSA) is 35.0 Å². The van der Waals surface area contributed by atoms with E-state index in [1.54, 1.807) is 0 Å². The fourth-order valence-corrected chi connectivity index (χ4v) is 8.19. The van der Waals surface area contributed by atoms with Gasteiger partial charge in [-0.15, -0.1) is 0 Å². The Bertz CT molecular complexity index is 2960. The molecule has 0 spiro atoms. The quantitative estimate of drug-likeness (QED) is 0.131. The zero-order chi connectivity index (χ0) is 38.5. The molecule has 0 unspecified atom stereocenters. The summed E-state index contributed by atoms with van der Waals surface area (Å²) in [5.41, 5.74) is 12.3. The molecule has 0 atom stereocenters. The molecule has 0 bridgehead atoms. The third-order valence-electron chi connectivity index (χ3n) is 11.0. The number of para-hydroxylation sites is 4. The van der Waals surface area contributed by atoms with Crippen molar-refractivity contribution in [1.29, 1.82) is 0 Å². The van der Waals surface area contributed by atoms with Gasteiger partial charge in [0.25, 0.3) is 6.33 Å². The highest BCUT2D eigenvalue weighted by atomic mass is 16.5. The van der Waals surface area contributed by atoms with Crippen LogP contribution < -0.4 is 14.6 Å². The van der Waals surface area contributed by atoms with Crippen LogP contribution in [0.1, 0.15) is 20.8 Å². The van der Waals surface area contributed by atoms with Crippen LogP contribution in [0.2, 0.25) is 0 Å². The summed E-state index contributed by atoms with van der Waals surface area (Å²) in [4.78, 5) is 0. The third-order valence-corrected chi connectivity index (χ3v) is 11.0. The van der Waals surface area contributed by atoms with Gasteiger partial charge in [0.2, 0.25) is 0 Å². The van der Waals surface area contributed by atoms with Gasteiger partial charge in [0.05, 0.1) is 33.4 Å². The first-order chi connectivity index (χ1) is 27.9. The van der Waals surface area contributed by atoms with Gasteiger partial charge in [-0.2, -0.15) is 0 Å². The van der Waals surface area contributed by atoms with E-state index in [1.165, 1.54) is 16.3 Å². The van der Waals surface area contributed by atoms with Gasteiger partial charge in [-0.3, -0.25) is 13.7 Å². The van der Waals surface area contributed by atoms with Crippen LogP contribution in [0.5, 0.6) is 11.5 Å². The molecule has 0 amide bonds. The zero-order valence-corrected chi connectivity index (χ0v) is 32.3. The van der Waals surface area contributed by atoms with Crippen molar-refractivity contribution >= 4 is 38.7 Å². The summed E-state index contributed by atoms with van der Waals surface area (Å²) in [6, 6.07) is 59.6. The summed E-state index contributed by atoms with van der Waals surface area (Å²) in [6.45, 7) is 7.59. The van der Waals surface area contributed by atoms with Gasteiger partial charge in [0, 0.05) is 23.4 Å². The second-order valence-electron chi connectivity index (χ2n) is 15.6. The molecule has 5 nitrogen and oxygen atoms in total. The van der Waals surface area contributed by atoms with Gasteiger partial charge >= 0.3 is 0 Å². The maximum absolute atomic E-state index is 6.72. The molecule has 1 aliphatic rings. The Kier molecular flexibility index (Phi) is 8.37. The highest BCUT2D eigenvalue weighted by molar-refractivity contribution is 6.10. The van der Waals surface area contributed by atoms with Crippen LogP contribution in [-0.4, -0.2) is 15.7 Å². The molecule has 276 valence electrons. The van der Waals surface area contributed by atoms with E-state index in [0.717, 1.165) is 79.6 Å². The molecule has 0 radical (unpaired) electrons. The lowest BCUT2D eigenvalue weighted by Gasteiger charge is -2.26. The number of rotatable bonds is 7. The summed E-state index contributed by atoms with van der Waals surface area (Å²) in [6.07, 6.45) is 8.36. The molecule has 3 heterocycles. The fourth-order valence-electron chi connectivity index (χ4n) is 8.19. The molecule has 9 aromatic rings. The van der Waals surface area contributed by atoms with Crippen LogP contribution in [0.4, 0.5) is 0 Å². The molecule has 10 rings (SSSR count). The summed E-state index contributed by atoms with van der Waals surface area (Å²) >= 11 is 0. The number of imidazole rings is 1. The van der Waals surface area contributed by atoms with E-state index in [4.69, 9.17) is 4.74 Å². The van der Waals surface area contributed by atoms with Crippen molar-refractivity contribution in [2.45, 2.75) is 20.8 Å². The smallest absolute Gasteiger partial charge is 0.269 e. The standard InChI is InChI=1S/C52H42N4O/c1-52(2,3)38-30-31-53-50(32-38)56-46-25-11-10-22-44(46)45-29-28-41(34-49(45)56)57-40-21-14-20-39(33-40)54-35-55(48-27-13-12-26-47(48)54)51-42(36-16-6-4-7-17-36)23-15-24-43(51)37-18-8-5-9-19-37/h4-30,32-34,53H,31H2,1-3H3. The van der Waals surface area contributed by atoms with Gasteiger partial charge in [-0.1, -0.05) is 154 Å². The Morgan fingerprint density at radius 1 is 0.596 bits per heavy atom. The summed E-state index contributed by atoms with van der Waals surface area (Å²) in [5.74, 6) is 2.59. The zero-order valence-electron chi connectivity index (χ0n) is 32.3. The number of dihydropyridines is 1. The predicted octanol–water partition coefficient (Wildman–Crippen LogP) is 12.3. The summed E-state index contributed by atoms with van der Waals surface area (Å²) < 4.78 is 13.4. The molecule has 1 aliphatic heterocycles. The highest BCUT2D eigenvalue weighted by Gasteiger charge is 2.22. The lowest BCUT2D eigenvalue weighted by atomic mass is 9.85. The van der Waals surface area contributed by atoms with E-state index >= 15 is 0 Å². The summed E-state index contributed by atoms with van der Waals surface area (Å²) in [7, 11) is 0. The lowest BCUT2D eigenvalue weighted by Crippen LogP contribution is -2.29. The molecule has 0 saturated heterocycles. The number of allylic oxidation sites excluding steroid dienone is 2. The van der Waals surface area contributed by atoms with Crippen molar-refractivity contribution in [3.63, 3.8) is 0 Å². The van der Waals surface area contributed by atoms with E-state index in [9.17, 15) is 0 Å². The Morgan fingerprint density at radius 2 is 1.23 bits per heavy atom. The Hall–Kier alpha value is -7.11. The van der Waals surface area contributed by atoms with Gasteiger partial charge in [-0.25, -0.2) is 0 Å². The van der Waals surface area contributed by atoms with E-state index in [1.807, 2.05) is 6.07 Å². The second kappa shape index (κ2) is 13.9. The highest BCUT2D eigenvalue weighted by Crippen LogP contribution is 2.39. The van der Waals surface area contributed by atoms with Crippen molar-refractivity contribution < 1.29 is 9.30 Å². The number of hydrogen-bond donors (Lipinski definition) is 1. The Labute approximate surface area is 333 Å². The Morgan fingerprint density at radius 3 is 1.96 bits per heavy atom. The van der Waals surface area contributed by atoms with Crippen molar-refractivity contribution in [3.8, 4) is 45.1 Å². The maximum atomic E-state index is 6.72. The van der Waals surface area contributed by atoms with Crippen molar-refractivity contribution in [1.82, 2.24) is 14.5 Å². The van der Waals surface area contributed by atoms with Crippen LogP contribution in [0.25, 0.3) is 72.3 Å². The minimum absolute atomic E-state index is 0.0443. The first kappa shape index (κ1) is 34.4. The van der Waals surface area contributed by atoms with Crippen LogP contribution in [0.15, 0.2) is 188 Å². The SMILES string of the molecule is CC(C)(C)C1=CCNC(n2c3ccccc3c3ccc(Oc4cccc(-[n+]5[c-]n(-c6c(-c7ccccc7)cccc6-c6ccccc6)c6ccccc65)c4)cc32)=C1. The summed E-state index contributed by atoms with van der Waals surface area (Å²) in [5, 5.41) is 6.05. The van der Waals surface area contributed by atoms with Gasteiger partial charge in [0.1, 0.15) is 17.3 Å². The van der Waals surface area contributed by atoms with Crippen LogP contribution in [-0.2, 0) is 0 Å². The monoisotopic (exact) mass is 738 g/mol. The second-order valence-corrected chi connectivity index (χ2v) is 15.6. The molecule has 1 N–H and O–H groups in total. The molecule has 57 heavy (non-hydrogen) atoms. The van der Waals surface area contributed by atoms with E-state index in [-0.39, 0.29) is 5.41 Å². The average molecular weight is 739 g/mol. The molecule has 0 aliphatic carbocycles. The van der Waals surface area contributed by atoms with Crippen LogP contribution >= 0.6 is 0 Å². The predicted molar refractivity (Wildman–Crippen MR) is 234 cm³/mol. The van der Waals surface area contributed by atoms with Crippen LogP contribution in [0.3, 0.4) is 0 Å². The van der Waals surface area contributed by atoms with Crippen molar-refractivity contribution in [3.05, 3.63) is 194 Å².